The van der Waals surface area contributed by atoms with Crippen molar-refractivity contribution in [3.8, 4) is 0 Å². The number of aliphatic hydroxyl groups is 2. The molecule has 1 unspecified atom stereocenters. The molecule has 0 heterocycles. The topological polar surface area (TPSA) is 40.5 Å². The summed E-state index contributed by atoms with van der Waals surface area (Å²) in [5, 5.41) is 18.8. The van der Waals surface area contributed by atoms with Crippen LogP contribution in [0.25, 0.3) is 0 Å². The van der Waals surface area contributed by atoms with Gasteiger partial charge < -0.3 is 10.2 Å². The Morgan fingerprint density at radius 1 is 1.20 bits per heavy atom. The third-order valence-electron chi connectivity index (χ3n) is 2.88. The molecule has 0 saturated carbocycles. The highest BCUT2D eigenvalue weighted by Crippen LogP contribution is 2.33. The molecule has 0 aliphatic heterocycles. The fourth-order valence-corrected chi connectivity index (χ4v) is 1.86. The third kappa shape index (κ3) is 1.81. The largest absolute Gasteiger partial charge is 0.508 e. The zero-order valence-corrected chi connectivity index (χ0v) is 8.43. The molecule has 15 heavy (non-hydrogen) atoms. The van der Waals surface area contributed by atoms with Crippen LogP contribution in [-0.4, -0.2) is 16.8 Å². The van der Waals surface area contributed by atoms with E-state index in [1.54, 1.807) is 12.2 Å². The van der Waals surface area contributed by atoms with E-state index in [1.165, 1.54) is 0 Å². The molecule has 2 rings (SSSR count). The van der Waals surface area contributed by atoms with Crippen LogP contribution in [0.4, 0.5) is 0 Å². The molecule has 2 N–H and O–H groups in total. The molecule has 2 nitrogen and oxygen atoms in total. The van der Waals surface area contributed by atoms with Crippen molar-refractivity contribution in [3.63, 3.8) is 0 Å². The third-order valence-corrected chi connectivity index (χ3v) is 2.88. The van der Waals surface area contributed by atoms with Gasteiger partial charge in [0, 0.05) is 5.41 Å². The Morgan fingerprint density at radius 3 is 2.47 bits per heavy atom. The van der Waals surface area contributed by atoms with E-state index in [4.69, 9.17) is 0 Å². The van der Waals surface area contributed by atoms with Crippen molar-refractivity contribution >= 4 is 0 Å². The molecule has 78 valence electrons. The summed E-state index contributed by atoms with van der Waals surface area (Å²) in [5.41, 5.74) is 0.709. The van der Waals surface area contributed by atoms with Gasteiger partial charge in [-0.3, -0.25) is 0 Å². The molecule has 0 amide bonds. The normalized spacial score (nSPS) is 25.0. The minimum Gasteiger partial charge on any atom is -0.508 e. The van der Waals surface area contributed by atoms with E-state index in [-0.39, 0.29) is 17.8 Å². The SMILES string of the molecule is OCC1(c2ccccc2)C=CC(O)=CC1. The number of hydrogen-bond donors (Lipinski definition) is 2. The highest BCUT2D eigenvalue weighted by atomic mass is 16.3. The van der Waals surface area contributed by atoms with Crippen LogP contribution in [0.5, 0.6) is 0 Å². The van der Waals surface area contributed by atoms with E-state index in [0.717, 1.165) is 5.56 Å². The predicted octanol–water partition coefficient (Wildman–Crippen LogP) is 2.32. The van der Waals surface area contributed by atoms with Gasteiger partial charge >= 0.3 is 0 Å². The van der Waals surface area contributed by atoms with Gasteiger partial charge in [-0.15, -0.1) is 0 Å². The van der Waals surface area contributed by atoms with Crippen LogP contribution in [0.1, 0.15) is 12.0 Å². The van der Waals surface area contributed by atoms with E-state index in [2.05, 4.69) is 0 Å². The molecule has 0 fully saturated rings. The van der Waals surface area contributed by atoms with Crippen molar-refractivity contribution in [1.29, 1.82) is 0 Å². The number of hydrogen-bond acceptors (Lipinski definition) is 2. The maximum Gasteiger partial charge on any atom is 0.111 e. The summed E-state index contributed by atoms with van der Waals surface area (Å²) in [6.07, 6.45) is 5.89. The maximum atomic E-state index is 9.52. The number of aliphatic hydroxyl groups excluding tert-OH is 2. The summed E-state index contributed by atoms with van der Waals surface area (Å²) in [4.78, 5) is 0. The molecule has 1 aromatic carbocycles. The molecular weight excluding hydrogens is 188 g/mol. The predicted molar refractivity (Wildman–Crippen MR) is 59.7 cm³/mol. The molecule has 0 bridgehead atoms. The Balaban J connectivity index is 2.37. The van der Waals surface area contributed by atoms with Crippen molar-refractivity contribution in [3.05, 3.63) is 59.9 Å². The number of rotatable bonds is 2. The van der Waals surface area contributed by atoms with Gasteiger partial charge in [0.25, 0.3) is 0 Å². The molecule has 0 saturated heterocycles. The van der Waals surface area contributed by atoms with Crippen LogP contribution in [0.2, 0.25) is 0 Å². The monoisotopic (exact) mass is 202 g/mol. The van der Waals surface area contributed by atoms with Crippen molar-refractivity contribution in [2.75, 3.05) is 6.61 Å². The lowest BCUT2D eigenvalue weighted by Gasteiger charge is -2.30. The standard InChI is InChI=1S/C13H14O2/c14-10-13(8-6-12(15)7-9-13)11-4-2-1-3-5-11/h1-8,14-15H,9-10H2. The molecule has 0 spiro atoms. The number of allylic oxidation sites excluding steroid dienone is 2. The van der Waals surface area contributed by atoms with Crippen molar-refractivity contribution in [2.45, 2.75) is 11.8 Å². The molecule has 2 heteroatoms. The molecule has 0 aromatic heterocycles. The molecular formula is C13H14O2. The summed E-state index contributed by atoms with van der Waals surface area (Å²) in [6, 6.07) is 9.86. The first-order chi connectivity index (χ1) is 7.27. The lowest BCUT2D eigenvalue weighted by Crippen LogP contribution is -2.29. The fourth-order valence-electron chi connectivity index (χ4n) is 1.86. The fraction of sp³-hybridized carbons (Fsp3) is 0.231. The van der Waals surface area contributed by atoms with Gasteiger partial charge in [-0.05, 0) is 24.1 Å². The van der Waals surface area contributed by atoms with Crippen LogP contribution < -0.4 is 0 Å². The Kier molecular flexibility index (Phi) is 2.60. The summed E-state index contributed by atoms with van der Waals surface area (Å²) in [7, 11) is 0. The van der Waals surface area contributed by atoms with Gasteiger partial charge in [0.1, 0.15) is 5.76 Å². The Bertz CT molecular complexity index is 392. The number of benzene rings is 1. The second-order valence-electron chi connectivity index (χ2n) is 3.85. The first kappa shape index (κ1) is 9.99. The highest BCUT2D eigenvalue weighted by molar-refractivity contribution is 5.37. The zero-order chi connectivity index (χ0) is 10.7. The molecule has 1 aliphatic carbocycles. The molecule has 0 radical (unpaired) electrons. The van der Waals surface area contributed by atoms with Gasteiger partial charge in [0.15, 0.2) is 0 Å². The molecule has 1 aromatic rings. The van der Waals surface area contributed by atoms with Gasteiger partial charge in [-0.1, -0.05) is 36.4 Å². The average Bonchev–Trinajstić information content (AvgIpc) is 2.32. The van der Waals surface area contributed by atoms with E-state index in [1.807, 2.05) is 36.4 Å². The quantitative estimate of drug-likeness (QED) is 0.772. The zero-order valence-electron chi connectivity index (χ0n) is 8.43. The first-order valence-corrected chi connectivity index (χ1v) is 5.02. The maximum absolute atomic E-state index is 9.52. The highest BCUT2D eigenvalue weighted by Gasteiger charge is 2.29. The summed E-state index contributed by atoms with van der Waals surface area (Å²) in [6.45, 7) is 0.0529. The summed E-state index contributed by atoms with van der Waals surface area (Å²) in [5.74, 6) is 0.273. The van der Waals surface area contributed by atoms with Crippen LogP contribution in [0.15, 0.2) is 54.3 Å². The van der Waals surface area contributed by atoms with Crippen LogP contribution in [-0.2, 0) is 5.41 Å². The van der Waals surface area contributed by atoms with Crippen LogP contribution in [0.3, 0.4) is 0 Å². The Hall–Kier alpha value is -1.54. The van der Waals surface area contributed by atoms with Crippen molar-refractivity contribution in [1.82, 2.24) is 0 Å². The molecule has 1 atom stereocenters. The van der Waals surface area contributed by atoms with Crippen LogP contribution >= 0.6 is 0 Å². The van der Waals surface area contributed by atoms with Gasteiger partial charge in [-0.2, -0.15) is 0 Å². The summed E-state index contributed by atoms with van der Waals surface area (Å²) < 4.78 is 0. The second kappa shape index (κ2) is 3.91. The lowest BCUT2D eigenvalue weighted by molar-refractivity contribution is 0.222. The smallest absolute Gasteiger partial charge is 0.111 e. The van der Waals surface area contributed by atoms with Crippen molar-refractivity contribution in [2.24, 2.45) is 0 Å². The Morgan fingerprint density at radius 2 is 1.93 bits per heavy atom. The van der Waals surface area contributed by atoms with E-state index < -0.39 is 0 Å². The second-order valence-corrected chi connectivity index (χ2v) is 3.85. The minimum atomic E-state index is -0.368. The van der Waals surface area contributed by atoms with Gasteiger partial charge in [0.05, 0.1) is 6.61 Å². The summed E-state index contributed by atoms with van der Waals surface area (Å²) >= 11 is 0. The van der Waals surface area contributed by atoms with Crippen LogP contribution in [0, 0.1) is 0 Å². The van der Waals surface area contributed by atoms with E-state index >= 15 is 0 Å². The lowest BCUT2D eigenvalue weighted by atomic mass is 9.76. The minimum absolute atomic E-state index is 0.0529. The average molecular weight is 202 g/mol. The molecule has 1 aliphatic rings. The van der Waals surface area contributed by atoms with Gasteiger partial charge in [-0.25, -0.2) is 0 Å². The Labute approximate surface area is 89.2 Å². The van der Waals surface area contributed by atoms with E-state index in [0.29, 0.717) is 6.42 Å². The van der Waals surface area contributed by atoms with Crippen molar-refractivity contribution < 1.29 is 10.2 Å². The van der Waals surface area contributed by atoms with E-state index in [9.17, 15) is 10.2 Å². The first-order valence-electron chi connectivity index (χ1n) is 5.02. The van der Waals surface area contributed by atoms with Gasteiger partial charge in [0.2, 0.25) is 0 Å².